The SMILES string of the molecule is N#CC(C(=O)c1cccc2c1OCO2)C(=O)C1CC1. The lowest BCUT2D eigenvalue weighted by Crippen LogP contribution is -2.24. The van der Waals surface area contributed by atoms with Crippen LogP contribution >= 0.6 is 0 Å². The number of rotatable bonds is 4. The number of ether oxygens (including phenoxy) is 2. The maximum Gasteiger partial charge on any atom is 0.231 e. The first-order valence-corrected chi connectivity index (χ1v) is 6.08. The third-order valence-electron chi connectivity index (χ3n) is 3.32. The van der Waals surface area contributed by atoms with E-state index in [1.807, 2.05) is 6.07 Å². The number of hydrogen-bond acceptors (Lipinski definition) is 5. The van der Waals surface area contributed by atoms with E-state index in [0.717, 1.165) is 12.8 Å². The van der Waals surface area contributed by atoms with E-state index in [4.69, 9.17) is 14.7 Å². The van der Waals surface area contributed by atoms with E-state index in [2.05, 4.69) is 0 Å². The van der Waals surface area contributed by atoms with Crippen LogP contribution in [0.4, 0.5) is 0 Å². The molecule has 2 aliphatic rings. The summed E-state index contributed by atoms with van der Waals surface area (Å²) in [5.41, 5.74) is 0.246. The van der Waals surface area contributed by atoms with Gasteiger partial charge in [0.1, 0.15) is 0 Å². The van der Waals surface area contributed by atoms with Crippen molar-refractivity contribution in [2.45, 2.75) is 12.8 Å². The highest BCUT2D eigenvalue weighted by Crippen LogP contribution is 2.38. The van der Waals surface area contributed by atoms with Crippen molar-refractivity contribution < 1.29 is 19.1 Å². The van der Waals surface area contributed by atoms with Crippen molar-refractivity contribution in [3.63, 3.8) is 0 Å². The summed E-state index contributed by atoms with van der Waals surface area (Å²) in [6.07, 6.45) is 1.55. The Labute approximate surface area is 109 Å². The molecule has 1 unspecified atom stereocenters. The zero-order chi connectivity index (χ0) is 13.4. The first kappa shape index (κ1) is 11.7. The molecule has 0 amide bonds. The fourth-order valence-electron chi connectivity index (χ4n) is 2.13. The Bertz CT molecular complexity index is 598. The third-order valence-corrected chi connectivity index (χ3v) is 3.32. The number of nitriles is 1. The van der Waals surface area contributed by atoms with Crippen LogP contribution in [0.25, 0.3) is 0 Å². The molecule has 0 bridgehead atoms. The van der Waals surface area contributed by atoms with Gasteiger partial charge in [0.15, 0.2) is 29.0 Å². The predicted molar refractivity (Wildman–Crippen MR) is 63.7 cm³/mol. The molecule has 5 nitrogen and oxygen atoms in total. The van der Waals surface area contributed by atoms with E-state index < -0.39 is 11.7 Å². The average molecular weight is 257 g/mol. The van der Waals surface area contributed by atoms with Crippen LogP contribution in [0.1, 0.15) is 23.2 Å². The second-order valence-electron chi connectivity index (χ2n) is 4.64. The number of Topliss-reactive ketones (excluding diaryl/α,β-unsaturated/α-hetero) is 2. The highest BCUT2D eigenvalue weighted by molar-refractivity contribution is 6.15. The molecule has 3 rings (SSSR count). The van der Waals surface area contributed by atoms with Gasteiger partial charge in [-0.2, -0.15) is 5.26 Å². The summed E-state index contributed by atoms with van der Waals surface area (Å²) >= 11 is 0. The summed E-state index contributed by atoms with van der Waals surface area (Å²) in [6.45, 7) is 0.0490. The Morgan fingerprint density at radius 3 is 2.79 bits per heavy atom. The minimum atomic E-state index is -1.23. The Morgan fingerprint density at radius 1 is 1.32 bits per heavy atom. The van der Waals surface area contributed by atoms with Crippen molar-refractivity contribution in [1.29, 1.82) is 5.26 Å². The zero-order valence-corrected chi connectivity index (χ0v) is 10.1. The smallest absolute Gasteiger partial charge is 0.231 e. The van der Waals surface area contributed by atoms with Crippen LogP contribution in [0.3, 0.4) is 0 Å². The number of nitrogens with zero attached hydrogens (tertiary/aromatic N) is 1. The second-order valence-corrected chi connectivity index (χ2v) is 4.64. The molecule has 1 aliphatic heterocycles. The molecule has 19 heavy (non-hydrogen) atoms. The number of para-hydroxylation sites is 1. The lowest BCUT2D eigenvalue weighted by atomic mass is 9.92. The molecular formula is C14H11NO4. The van der Waals surface area contributed by atoms with Gasteiger partial charge in [-0.05, 0) is 25.0 Å². The molecule has 0 radical (unpaired) electrons. The number of benzene rings is 1. The van der Waals surface area contributed by atoms with Crippen molar-refractivity contribution in [3.8, 4) is 17.6 Å². The Balaban J connectivity index is 1.93. The summed E-state index contributed by atoms with van der Waals surface area (Å²) in [5.74, 6) is -1.32. The van der Waals surface area contributed by atoms with Gasteiger partial charge in [-0.25, -0.2) is 0 Å². The maximum atomic E-state index is 12.3. The summed E-state index contributed by atoms with van der Waals surface area (Å²) in [4.78, 5) is 24.3. The van der Waals surface area contributed by atoms with Crippen molar-refractivity contribution in [2.24, 2.45) is 11.8 Å². The molecule has 1 atom stereocenters. The molecule has 1 heterocycles. The van der Waals surface area contributed by atoms with Crippen molar-refractivity contribution in [1.82, 2.24) is 0 Å². The molecule has 1 fully saturated rings. The molecule has 0 spiro atoms. The van der Waals surface area contributed by atoms with Crippen molar-refractivity contribution in [2.75, 3.05) is 6.79 Å². The third kappa shape index (κ3) is 1.95. The minimum Gasteiger partial charge on any atom is -0.454 e. The normalized spacial score (nSPS) is 17.6. The summed E-state index contributed by atoms with van der Waals surface area (Å²) < 4.78 is 10.4. The van der Waals surface area contributed by atoms with E-state index >= 15 is 0 Å². The minimum absolute atomic E-state index is 0.0490. The van der Waals surface area contributed by atoms with Gasteiger partial charge in [-0.15, -0.1) is 0 Å². The zero-order valence-electron chi connectivity index (χ0n) is 10.1. The van der Waals surface area contributed by atoms with E-state index in [0.29, 0.717) is 11.5 Å². The maximum absolute atomic E-state index is 12.3. The van der Waals surface area contributed by atoms with E-state index in [-0.39, 0.29) is 24.1 Å². The van der Waals surface area contributed by atoms with Gasteiger partial charge >= 0.3 is 0 Å². The van der Waals surface area contributed by atoms with Crippen molar-refractivity contribution in [3.05, 3.63) is 23.8 Å². The van der Waals surface area contributed by atoms with Gasteiger partial charge in [-0.3, -0.25) is 9.59 Å². The van der Waals surface area contributed by atoms with Crippen LogP contribution in [-0.2, 0) is 4.79 Å². The molecule has 1 saturated carbocycles. The first-order valence-electron chi connectivity index (χ1n) is 6.08. The van der Waals surface area contributed by atoms with E-state index in [9.17, 15) is 9.59 Å². The summed E-state index contributed by atoms with van der Waals surface area (Å²) in [6, 6.07) is 6.71. The van der Waals surface area contributed by atoms with Gasteiger partial charge in [0.2, 0.25) is 6.79 Å². The summed E-state index contributed by atoms with van der Waals surface area (Å²) in [5, 5.41) is 9.09. The number of fused-ring (bicyclic) bond motifs is 1. The average Bonchev–Trinajstić information content (AvgIpc) is 3.16. The van der Waals surface area contributed by atoms with E-state index in [1.165, 1.54) is 0 Å². The van der Waals surface area contributed by atoms with Crippen LogP contribution in [0, 0.1) is 23.2 Å². The fraction of sp³-hybridized carbons (Fsp3) is 0.357. The van der Waals surface area contributed by atoms with Gasteiger partial charge in [0, 0.05) is 5.92 Å². The molecule has 0 saturated heterocycles. The summed E-state index contributed by atoms with van der Waals surface area (Å²) in [7, 11) is 0. The van der Waals surface area contributed by atoms with Crippen LogP contribution in [0.5, 0.6) is 11.5 Å². The molecule has 96 valence electrons. The molecule has 0 N–H and O–H groups in total. The molecular weight excluding hydrogens is 246 g/mol. The highest BCUT2D eigenvalue weighted by atomic mass is 16.7. The first-order chi connectivity index (χ1) is 9.22. The molecule has 5 heteroatoms. The Kier molecular flexibility index (Phi) is 2.71. The lowest BCUT2D eigenvalue weighted by molar-refractivity contribution is -0.121. The quantitative estimate of drug-likeness (QED) is 0.606. The van der Waals surface area contributed by atoms with Gasteiger partial charge < -0.3 is 9.47 Å². The molecule has 1 aromatic rings. The Morgan fingerprint density at radius 2 is 2.11 bits per heavy atom. The van der Waals surface area contributed by atoms with Crippen LogP contribution in [0.15, 0.2) is 18.2 Å². The molecule has 1 aliphatic carbocycles. The van der Waals surface area contributed by atoms with Crippen LogP contribution < -0.4 is 9.47 Å². The van der Waals surface area contributed by atoms with Crippen LogP contribution in [0.2, 0.25) is 0 Å². The molecule has 0 aromatic heterocycles. The van der Waals surface area contributed by atoms with Gasteiger partial charge in [0.25, 0.3) is 0 Å². The standard InChI is InChI=1S/C14H11NO4/c15-6-10(12(16)8-4-5-8)13(17)9-2-1-3-11-14(9)19-7-18-11/h1-3,8,10H,4-5,7H2. The monoisotopic (exact) mass is 257 g/mol. The number of carbonyl (C=O) groups is 2. The topological polar surface area (TPSA) is 76.4 Å². The largest absolute Gasteiger partial charge is 0.454 e. The Hall–Kier alpha value is -2.35. The highest BCUT2D eigenvalue weighted by Gasteiger charge is 2.40. The molecule has 1 aromatic carbocycles. The van der Waals surface area contributed by atoms with Gasteiger partial charge in [-0.1, -0.05) is 6.07 Å². The number of carbonyl (C=O) groups excluding carboxylic acids is 2. The van der Waals surface area contributed by atoms with Gasteiger partial charge in [0.05, 0.1) is 11.6 Å². The second kappa shape index (κ2) is 4.39. The lowest BCUT2D eigenvalue weighted by Gasteiger charge is -2.08. The van der Waals surface area contributed by atoms with E-state index in [1.54, 1.807) is 18.2 Å². The number of hydrogen-bond donors (Lipinski definition) is 0. The predicted octanol–water partition coefficient (Wildman–Crippen LogP) is 1.72. The van der Waals surface area contributed by atoms with Crippen LogP contribution in [-0.4, -0.2) is 18.4 Å². The number of ketones is 2. The van der Waals surface area contributed by atoms with Crippen molar-refractivity contribution >= 4 is 11.6 Å². The fourth-order valence-corrected chi connectivity index (χ4v) is 2.13.